The maximum atomic E-state index is 12.9. The summed E-state index contributed by atoms with van der Waals surface area (Å²) in [5, 5.41) is 8.44. The largest absolute Gasteiger partial charge is 0.376 e. The number of halogens is 1. The van der Waals surface area contributed by atoms with Crippen molar-refractivity contribution >= 4 is 28.9 Å². The monoisotopic (exact) mass is 363 g/mol. The summed E-state index contributed by atoms with van der Waals surface area (Å²) in [5.41, 5.74) is 2.15. The molecule has 3 aromatic rings. The average Bonchev–Trinajstić information content (AvgIpc) is 2.69. The van der Waals surface area contributed by atoms with Crippen LogP contribution in [0.4, 0.5) is 21.5 Å². The number of benzene rings is 3. The molecule has 0 aliphatic rings. The van der Waals surface area contributed by atoms with Gasteiger partial charge in [0.15, 0.2) is 0 Å². The van der Waals surface area contributed by atoms with Gasteiger partial charge in [0.1, 0.15) is 5.82 Å². The Balaban J connectivity index is 1.62. The van der Waals surface area contributed by atoms with Crippen molar-refractivity contribution in [2.75, 3.05) is 22.5 Å². The molecule has 0 aliphatic carbocycles. The van der Waals surface area contributed by atoms with E-state index in [2.05, 4.69) is 16.0 Å². The standard InChI is InChI=1S/C21H18FN3O2/c22-15-10-12-17(13-11-15)24-20(26)14-23-19-9-5-4-8-18(19)21(27)25-16-6-2-1-3-7-16/h1-13,23H,14H2,(H,24,26)(H,25,27). The molecule has 3 aromatic carbocycles. The summed E-state index contributed by atoms with van der Waals surface area (Å²) >= 11 is 0. The van der Waals surface area contributed by atoms with Gasteiger partial charge in [-0.15, -0.1) is 0 Å². The van der Waals surface area contributed by atoms with Crippen LogP contribution in [0.5, 0.6) is 0 Å². The zero-order valence-electron chi connectivity index (χ0n) is 14.4. The zero-order chi connectivity index (χ0) is 19.1. The van der Waals surface area contributed by atoms with E-state index in [9.17, 15) is 14.0 Å². The number of hydrogen-bond acceptors (Lipinski definition) is 3. The Morgan fingerprint density at radius 1 is 0.741 bits per heavy atom. The van der Waals surface area contributed by atoms with Crippen molar-refractivity contribution in [3.63, 3.8) is 0 Å². The fourth-order valence-corrected chi connectivity index (χ4v) is 2.47. The van der Waals surface area contributed by atoms with Crippen molar-refractivity contribution in [3.05, 3.63) is 90.2 Å². The molecular formula is C21H18FN3O2. The molecule has 0 spiro atoms. The molecule has 3 N–H and O–H groups in total. The van der Waals surface area contributed by atoms with Gasteiger partial charge in [0, 0.05) is 17.1 Å². The van der Waals surface area contributed by atoms with E-state index >= 15 is 0 Å². The topological polar surface area (TPSA) is 70.2 Å². The summed E-state index contributed by atoms with van der Waals surface area (Å²) in [7, 11) is 0. The van der Waals surface area contributed by atoms with Crippen LogP contribution in [0.3, 0.4) is 0 Å². The molecule has 2 amide bonds. The van der Waals surface area contributed by atoms with E-state index in [0.717, 1.165) is 0 Å². The van der Waals surface area contributed by atoms with Crippen molar-refractivity contribution in [2.24, 2.45) is 0 Å². The Labute approximate surface area is 156 Å². The third-order valence-electron chi connectivity index (χ3n) is 3.77. The van der Waals surface area contributed by atoms with Crippen molar-refractivity contribution in [1.29, 1.82) is 0 Å². The van der Waals surface area contributed by atoms with Crippen LogP contribution in [0.25, 0.3) is 0 Å². The van der Waals surface area contributed by atoms with Crippen LogP contribution in [0.2, 0.25) is 0 Å². The van der Waals surface area contributed by atoms with Crippen LogP contribution in [-0.4, -0.2) is 18.4 Å². The van der Waals surface area contributed by atoms with E-state index < -0.39 is 0 Å². The third-order valence-corrected chi connectivity index (χ3v) is 3.77. The number of carbonyl (C=O) groups is 2. The molecule has 0 heterocycles. The lowest BCUT2D eigenvalue weighted by Gasteiger charge is -2.12. The van der Waals surface area contributed by atoms with Gasteiger partial charge in [0.2, 0.25) is 5.91 Å². The molecule has 0 saturated heterocycles. The second-order valence-electron chi connectivity index (χ2n) is 5.77. The number of para-hydroxylation sites is 2. The fraction of sp³-hybridized carbons (Fsp3) is 0.0476. The van der Waals surface area contributed by atoms with Crippen molar-refractivity contribution in [2.45, 2.75) is 0 Å². The molecule has 136 valence electrons. The Hall–Kier alpha value is -3.67. The van der Waals surface area contributed by atoms with Gasteiger partial charge in [0.05, 0.1) is 12.1 Å². The van der Waals surface area contributed by atoms with E-state index in [0.29, 0.717) is 22.6 Å². The summed E-state index contributed by atoms with van der Waals surface area (Å²) < 4.78 is 12.9. The molecule has 0 bridgehead atoms. The maximum Gasteiger partial charge on any atom is 0.257 e. The Bertz CT molecular complexity index is 928. The van der Waals surface area contributed by atoms with Crippen molar-refractivity contribution < 1.29 is 14.0 Å². The van der Waals surface area contributed by atoms with Crippen LogP contribution in [0.15, 0.2) is 78.9 Å². The van der Waals surface area contributed by atoms with Gasteiger partial charge in [-0.1, -0.05) is 30.3 Å². The summed E-state index contributed by atoms with van der Waals surface area (Å²) in [6.45, 7) is -0.0347. The van der Waals surface area contributed by atoms with E-state index in [1.165, 1.54) is 24.3 Å². The molecule has 3 rings (SSSR count). The number of rotatable bonds is 6. The summed E-state index contributed by atoms with van der Waals surface area (Å²) in [6.07, 6.45) is 0. The third kappa shape index (κ3) is 5.15. The van der Waals surface area contributed by atoms with Gasteiger partial charge in [-0.3, -0.25) is 9.59 Å². The van der Waals surface area contributed by atoms with Gasteiger partial charge in [-0.2, -0.15) is 0 Å². The first-order valence-corrected chi connectivity index (χ1v) is 8.36. The highest BCUT2D eigenvalue weighted by molar-refractivity contribution is 6.08. The first-order valence-electron chi connectivity index (χ1n) is 8.36. The minimum Gasteiger partial charge on any atom is -0.376 e. The predicted octanol–water partition coefficient (Wildman–Crippen LogP) is 4.13. The van der Waals surface area contributed by atoms with E-state index in [1.807, 2.05) is 18.2 Å². The highest BCUT2D eigenvalue weighted by atomic mass is 19.1. The van der Waals surface area contributed by atoms with E-state index in [1.54, 1.807) is 36.4 Å². The minimum atomic E-state index is -0.371. The lowest BCUT2D eigenvalue weighted by atomic mass is 10.1. The molecule has 27 heavy (non-hydrogen) atoms. The van der Waals surface area contributed by atoms with Gasteiger partial charge < -0.3 is 16.0 Å². The number of hydrogen-bond donors (Lipinski definition) is 3. The summed E-state index contributed by atoms with van der Waals surface area (Å²) in [6, 6.07) is 21.6. The van der Waals surface area contributed by atoms with Crippen molar-refractivity contribution in [1.82, 2.24) is 0 Å². The lowest BCUT2D eigenvalue weighted by molar-refractivity contribution is -0.114. The normalized spacial score (nSPS) is 10.1. The molecular weight excluding hydrogens is 345 g/mol. The van der Waals surface area contributed by atoms with Gasteiger partial charge in [0.25, 0.3) is 5.91 Å². The molecule has 5 nitrogen and oxygen atoms in total. The van der Waals surface area contributed by atoms with Crippen LogP contribution in [0.1, 0.15) is 10.4 Å². The van der Waals surface area contributed by atoms with Gasteiger partial charge in [-0.25, -0.2) is 4.39 Å². The molecule has 0 aliphatic heterocycles. The Morgan fingerprint density at radius 2 is 1.37 bits per heavy atom. The van der Waals surface area contributed by atoms with Crippen LogP contribution >= 0.6 is 0 Å². The Morgan fingerprint density at radius 3 is 2.11 bits per heavy atom. The lowest BCUT2D eigenvalue weighted by Crippen LogP contribution is -2.23. The number of amides is 2. The molecule has 6 heteroatoms. The maximum absolute atomic E-state index is 12.9. The van der Waals surface area contributed by atoms with E-state index in [-0.39, 0.29) is 24.2 Å². The highest BCUT2D eigenvalue weighted by Crippen LogP contribution is 2.17. The first-order chi connectivity index (χ1) is 13.1. The fourth-order valence-electron chi connectivity index (χ4n) is 2.47. The van der Waals surface area contributed by atoms with Crippen LogP contribution in [-0.2, 0) is 4.79 Å². The highest BCUT2D eigenvalue weighted by Gasteiger charge is 2.12. The van der Waals surface area contributed by atoms with Gasteiger partial charge >= 0.3 is 0 Å². The molecule has 0 saturated carbocycles. The quantitative estimate of drug-likeness (QED) is 0.617. The molecule has 0 unspecified atom stereocenters. The minimum absolute atomic E-state index is 0.0347. The molecule has 0 atom stereocenters. The number of carbonyl (C=O) groups excluding carboxylic acids is 2. The number of nitrogens with one attached hydrogen (secondary N) is 3. The summed E-state index contributed by atoms with van der Waals surface area (Å²) in [4.78, 5) is 24.6. The molecule has 0 radical (unpaired) electrons. The second kappa shape index (κ2) is 8.62. The number of anilines is 3. The SMILES string of the molecule is O=C(CNc1ccccc1C(=O)Nc1ccccc1)Nc1ccc(F)cc1. The van der Waals surface area contributed by atoms with Crippen LogP contribution < -0.4 is 16.0 Å². The zero-order valence-corrected chi connectivity index (χ0v) is 14.4. The molecule has 0 fully saturated rings. The van der Waals surface area contributed by atoms with E-state index in [4.69, 9.17) is 0 Å². The van der Waals surface area contributed by atoms with Crippen molar-refractivity contribution in [3.8, 4) is 0 Å². The predicted molar refractivity (Wildman–Crippen MR) is 104 cm³/mol. The average molecular weight is 363 g/mol. The molecule has 0 aromatic heterocycles. The summed E-state index contributed by atoms with van der Waals surface area (Å²) in [5.74, 6) is -0.951. The smallest absolute Gasteiger partial charge is 0.257 e. The van der Waals surface area contributed by atoms with Gasteiger partial charge in [-0.05, 0) is 48.5 Å². The second-order valence-corrected chi connectivity index (χ2v) is 5.77. The van der Waals surface area contributed by atoms with Crippen LogP contribution in [0, 0.1) is 5.82 Å². The first kappa shape index (κ1) is 18.1. The Kier molecular flexibility index (Phi) is 5.79.